The number of phenolic OH excluding ortho intramolecular Hbond substituents is 2. The highest BCUT2D eigenvalue weighted by molar-refractivity contribution is 6.31. The van der Waals surface area contributed by atoms with Gasteiger partial charge in [0, 0.05) is 60.7 Å². The molecule has 0 amide bonds. The average molecular weight is 715 g/mol. The number of phenols is 2. The normalized spacial score (nSPS) is 25.5. The third-order valence-corrected chi connectivity index (χ3v) is 9.48. The first kappa shape index (κ1) is 36.8. The van der Waals surface area contributed by atoms with Crippen molar-refractivity contribution in [2.45, 2.75) is 69.0 Å². The van der Waals surface area contributed by atoms with E-state index < -0.39 is 101 Å². The van der Waals surface area contributed by atoms with E-state index in [1.807, 2.05) is 0 Å². The van der Waals surface area contributed by atoms with Crippen molar-refractivity contribution < 1.29 is 59.1 Å². The molecule has 0 bridgehead atoms. The maximum atomic E-state index is 13.9. The number of Topliss-reactive ketones (excluding diaryl/α,β-unsaturated/α-hetero) is 1. The van der Waals surface area contributed by atoms with Crippen LogP contribution in [0.2, 0.25) is 0 Å². The molecule has 0 saturated carbocycles. The number of aliphatic hydroxyl groups is 3. The van der Waals surface area contributed by atoms with Crippen LogP contribution in [0.1, 0.15) is 74.4 Å². The lowest BCUT2D eigenvalue weighted by atomic mass is 9.72. The van der Waals surface area contributed by atoms with Gasteiger partial charge in [-0.15, -0.1) is 12.4 Å². The van der Waals surface area contributed by atoms with Crippen LogP contribution < -0.4 is 10.1 Å². The number of fused-ring (bicyclic) bond motifs is 3. The van der Waals surface area contributed by atoms with Crippen LogP contribution in [0.4, 0.5) is 5.69 Å². The number of nitrogens with zero attached hydrogens (tertiary/aromatic N) is 1. The zero-order valence-electron chi connectivity index (χ0n) is 26.8. The molecule has 1 fully saturated rings. The van der Waals surface area contributed by atoms with Crippen molar-refractivity contribution in [1.29, 1.82) is 0 Å². The number of aromatic hydroxyl groups is 2. The van der Waals surface area contributed by atoms with E-state index in [1.165, 1.54) is 37.4 Å². The molecule has 50 heavy (non-hydrogen) atoms. The fraction of sp³-hybridized carbons (Fsp3) is 0.382. The third kappa shape index (κ3) is 6.21. The number of hydrogen-bond donors (Lipinski definition) is 6. The first-order valence-corrected chi connectivity index (χ1v) is 15.5. The molecule has 2 aliphatic carbocycles. The van der Waals surface area contributed by atoms with Crippen molar-refractivity contribution >= 4 is 35.4 Å². The van der Waals surface area contributed by atoms with E-state index in [2.05, 4.69) is 5.32 Å². The molecule has 1 saturated heterocycles. The van der Waals surface area contributed by atoms with E-state index in [-0.39, 0.29) is 59.1 Å². The standard InChI is InChI=1S/C34H34N2O13.ClH/c1-15-29(39)20(35-13-16-6-8-17(9-7-16)36(45)46)10-24(48-15)49-22-12-34(44,23(38)14-37)11-19-26(22)33(43)28-27(31(19)41)30(40)18-4-3-5-21(47-2)25(18)32(28)42;/h3-9,15,20,22,24,29,35,37,39,41,43-44H,10-14H2,1-2H3;1H/t15-,20-,22-,24-,29+,34-;/m0./s1. The molecular weight excluding hydrogens is 680 g/mol. The van der Waals surface area contributed by atoms with Gasteiger partial charge in [0.05, 0.1) is 47.0 Å². The minimum Gasteiger partial charge on any atom is -0.507 e. The molecule has 0 spiro atoms. The molecule has 3 aliphatic rings. The Bertz CT molecular complexity index is 1870. The lowest BCUT2D eigenvalue weighted by Crippen LogP contribution is -2.54. The lowest BCUT2D eigenvalue weighted by molar-refractivity contribution is -0.384. The third-order valence-electron chi connectivity index (χ3n) is 9.48. The number of methoxy groups -OCH3 is 1. The largest absolute Gasteiger partial charge is 0.507 e. The Hall–Kier alpha value is -4.48. The number of nitro benzene ring substituents is 1. The van der Waals surface area contributed by atoms with Crippen LogP contribution in [-0.4, -0.2) is 91.7 Å². The summed E-state index contributed by atoms with van der Waals surface area (Å²) >= 11 is 0. The second-order valence-electron chi connectivity index (χ2n) is 12.4. The van der Waals surface area contributed by atoms with E-state index in [0.29, 0.717) is 5.56 Å². The average Bonchev–Trinajstić information content (AvgIpc) is 3.08. The van der Waals surface area contributed by atoms with Gasteiger partial charge >= 0.3 is 0 Å². The van der Waals surface area contributed by atoms with Crippen molar-refractivity contribution in [1.82, 2.24) is 5.32 Å². The number of rotatable bonds is 9. The van der Waals surface area contributed by atoms with E-state index >= 15 is 0 Å². The summed E-state index contributed by atoms with van der Waals surface area (Å²) in [5, 5.41) is 69.5. The van der Waals surface area contributed by atoms with Gasteiger partial charge < -0.3 is 45.1 Å². The number of carbonyl (C=O) groups is 3. The van der Waals surface area contributed by atoms with Crippen LogP contribution in [0.25, 0.3) is 0 Å². The summed E-state index contributed by atoms with van der Waals surface area (Å²) in [7, 11) is 1.31. The number of nitro groups is 1. The molecule has 0 aromatic heterocycles. The van der Waals surface area contributed by atoms with E-state index in [9.17, 15) is 50.0 Å². The fourth-order valence-electron chi connectivity index (χ4n) is 6.90. The molecule has 3 aromatic rings. The van der Waals surface area contributed by atoms with Crippen LogP contribution in [0.5, 0.6) is 17.2 Å². The number of ether oxygens (including phenoxy) is 3. The first-order valence-electron chi connectivity index (χ1n) is 15.5. The molecular formula is C34H35ClN2O13. The highest BCUT2D eigenvalue weighted by atomic mass is 35.5. The molecule has 1 aliphatic heterocycles. The molecule has 16 heteroatoms. The second-order valence-corrected chi connectivity index (χ2v) is 12.4. The summed E-state index contributed by atoms with van der Waals surface area (Å²) < 4.78 is 17.5. The molecule has 266 valence electrons. The van der Waals surface area contributed by atoms with Gasteiger partial charge in [0.25, 0.3) is 5.69 Å². The molecule has 0 radical (unpaired) electrons. The van der Waals surface area contributed by atoms with E-state index in [1.54, 1.807) is 19.1 Å². The summed E-state index contributed by atoms with van der Waals surface area (Å²) in [4.78, 5) is 50.9. The number of hydrogen-bond acceptors (Lipinski definition) is 14. The van der Waals surface area contributed by atoms with Gasteiger partial charge in [0.1, 0.15) is 29.5 Å². The summed E-state index contributed by atoms with van der Waals surface area (Å²) in [5.74, 6) is -3.95. The second kappa shape index (κ2) is 14.0. The minimum absolute atomic E-state index is 0. The Morgan fingerprint density at radius 2 is 1.76 bits per heavy atom. The highest BCUT2D eigenvalue weighted by Crippen LogP contribution is 2.52. The van der Waals surface area contributed by atoms with Gasteiger partial charge in [-0.25, -0.2) is 0 Å². The highest BCUT2D eigenvalue weighted by Gasteiger charge is 2.50. The monoisotopic (exact) mass is 714 g/mol. The smallest absolute Gasteiger partial charge is 0.269 e. The SMILES string of the molecule is COc1cccc2c1C(=O)c1c(O)c3c(c(O)c1C2=O)C[C@@](O)(C(=O)CO)C[C@@H]3O[C@H]1C[C@H](NCc2ccc([N+](=O)[O-])cc2)[C@H](O)[C@H](C)O1.Cl. The van der Waals surface area contributed by atoms with Crippen LogP contribution in [-0.2, 0) is 27.2 Å². The van der Waals surface area contributed by atoms with Crippen molar-refractivity contribution in [3.8, 4) is 17.2 Å². The lowest BCUT2D eigenvalue weighted by Gasteiger charge is -2.43. The van der Waals surface area contributed by atoms with Crippen molar-refractivity contribution in [3.63, 3.8) is 0 Å². The van der Waals surface area contributed by atoms with E-state index in [0.717, 1.165) is 0 Å². The summed E-state index contributed by atoms with van der Waals surface area (Å²) in [6, 6.07) is 9.55. The number of non-ortho nitro benzene ring substituents is 1. The van der Waals surface area contributed by atoms with Gasteiger partial charge in [-0.2, -0.15) is 0 Å². The molecule has 0 unspecified atom stereocenters. The van der Waals surface area contributed by atoms with Gasteiger partial charge in [0.2, 0.25) is 5.78 Å². The Morgan fingerprint density at radius 1 is 1.08 bits per heavy atom. The van der Waals surface area contributed by atoms with Crippen LogP contribution in [0.3, 0.4) is 0 Å². The number of nitrogens with one attached hydrogen (secondary N) is 1. The maximum Gasteiger partial charge on any atom is 0.269 e. The van der Waals surface area contributed by atoms with Gasteiger partial charge in [0.15, 0.2) is 17.9 Å². The van der Waals surface area contributed by atoms with Crippen LogP contribution in [0, 0.1) is 10.1 Å². The first-order chi connectivity index (χ1) is 23.3. The minimum atomic E-state index is -2.30. The number of halogens is 1. The fourth-order valence-corrected chi connectivity index (χ4v) is 6.90. The Kier molecular flexibility index (Phi) is 10.3. The summed E-state index contributed by atoms with van der Waals surface area (Å²) in [6.07, 6.45) is -5.49. The zero-order valence-corrected chi connectivity index (χ0v) is 27.6. The van der Waals surface area contributed by atoms with Crippen LogP contribution in [0.15, 0.2) is 42.5 Å². The topological polar surface area (TPSA) is 235 Å². The maximum absolute atomic E-state index is 13.9. The Labute approximate surface area is 291 Å². The Balaban J connectivity index is 0.00000486. The summed E-state index contributed by atoms with van der Waals surface area (Å²) in [6.45, 7) is 0.757. The number of benzene rings is 3. The predicted octanol–water partition coefficient (Wildman–Crippen LogP) is 2.16. The molecule has 3 aromatic carbocycles. The van der Waals surface area contributed by atoms with Gasteiger partial charge in [-0.3, -0.25) is 24.5 Å². The molecule has 6 atom stereocenters. The molecule has 15 nitrogen and oxygen atoms in total. The number of carbonyl (C=O) groups excluding carboxylic acids is 3. The number of ketones is 3. The molecule has 6 N–H and O–H groups in total. The van der Waals surface area contributed by atoms with Crippen molar-refractivity contribution in [2.24, 2.45) is 0 Å². The van der Waals surface area contributed by atoms with Crippen molar-refractivity contribution in [3.05, 3.63) is 91.5 Å². The predicted molar refractivity (Wildman–Crippen MR) is 175 cm³/mol. The summed E-state index contributed by atoms with van der Waals surface area (Å²) in [5.41, 5.74) is -3.25. The Morgan fingerprint density at radius 3 is 2.40 bits per heavy atom. The van der Waals surface area contributed by atoms with E-state index in [4.69, 9.17) is 14.2 Å². The molecule has 1 heterocycles. The van der Waals surface area contributed by atoms with Crippen LogP contribution >= 0.6 is 12.4 Å². The van der Waals surface area contributed by atoms with Crippen molar-refractivity contribution in [2.75, 3.05) is 13.7 Å². The van der Waals surface area contributed by atoms with Gasteiger partial charge in [-0.1, -0.05) is 24.3 Å². The molecule has 6 rings (SSSR count). The quantitative estimate of drug-likeness (QED) is 0.0828. The zero-order chi connectivity index (χ0) is 35.4. The van der Waals surface area contributed by atoms with Gasteiger partial charge in [-0.05, 0) is 18.6 Å². The number of aliphatic hydroxyl groups excluding tert-OH is 2.